The topological polar surface area (TPSA) is 66.4 Å². The predicted octanol–water partition coefficient (Wildman–Crippen LogP) is 3.33. The minimum Gasteiger partial charge on any atom is -0.480 e. The Balaban J connectivity index is 2.48. The lowest BCUT2D eigenvalue weighted by molar-refractivity contribution is -0.147. The molecule has 6 heteroatoms. The van der Waals surface area contributed by atoms with E-state index in [1.807, 2.05) is 18.2 Å². The molecular weight excluding hydrogens is 310 g/mol. The molecule has 0 heterocycles. The molecule has 0 aliphatic heterocycles. The quantitative estimate of drug-likeness (QED) is 0.767. The van der Waals surface area contributed by atoms with E-state index in [-0.39, 0.29) is 11.7 Å². The van der Waals surface area contributed by atoms with Gasteiger partial charge in [0, 0.05) is 10.8 Å². The number of carboxylic acid groups (broad SMARTS) is 1. The zero-order chi connectivity index (χ0) is 15.9. The first-order chi connectivity index (χ1) is 9.93. The smallest absolute Gasteiger partial charge is 0.329 e. The number of carbonyl (C=O) groups excluding carboxylic acids is 1. The second kappa shape index (κ2) is 8.29. The minimum absolute atomic E-state index is 0.224. The van der Waals surface area contributed by atoms with Gasteiger partial charge >= 0.3 is 5.97 Å². The van der Waals surface area contributed by atoms with Crippen LogP contribution >= 0.6 is 23.4 Å². The Morgan fingerprint density at radius 3 is 2.52 bits per heavy atom. The van der Waals surface area contributed by atoms with E-state index in [1.165, 1.54) is 11.8 Å². The first-order valence-corrected chi connectivity index (χ1v) is 8.33. The average molecular weight is 330 g/mol. The summed E-state index contributed by atoms with van der Waals surface area (Å²) in [7, 11) is 0. The highest BCUT2D eigenvalue weighted by Crippen LogP contribution is 2.18. The summed E-state index contributed by atoms with van der Waals surface area (Å²) in [5, 5.41) is 12.6. The lowest BCUT2D eigenvalue weighted by Crippen LogP contribution is -2.54. The summed E-state index contributed by atoms with van der Waals surface area (Å²) in [6.45, 7) is 3.52. The van der Waals surface area contributed by atoms with Gasteiger partial charge in [0.25, 0.3) is 0 Å². The van der Waals surface area contributed by atoms with E-state index >= 15 is 0 Å². The zero-order valence-corrected chi connectivity index (χ0v) is 13.8. The summed E-state index contributed by atoms with van der Waals surface area (Å²) in [5.41, 5.74) is -0.121. The fourth-order valence-corrected chi connectivity index (χ4v) is 2.96. The summed E-state index contributed by atoms with van der Waals surface area (Å²) in [6, 6.07) is 7.45. The molecule has 0 unspecified atom stereocenters. The standard InChI is InChI=1S/C15H20ClNO3S/c1-3-15(4-2,14(19)20)17-13(18)10-21-9-11-6-5-7-12(16)8-11/h5-8H,3-4,9-10H2,1-2H3,(H,17,18)(H,19,20). The maximum absolute atomic E-state index is 11.9. The van der Waals surface area contributed by atoms with Crippen molar-refractivity contribution >= 4 is 35.2 Å². The molecule has 0 spiro atoms. The van der Waals surface area contributed by atoms with E-state index in [4.69, 9.17) is 11.6 Å². The van der Waals surface area contributed by atoms with Crippen LogP contribution in [-0.2, 0) is 15.3 Å². The lowest BCUT2D eigenvalue weighted by Gasteiger charge is -2.27. The van der Waals surface area contributed by atoms with Crippen LogP contribution in [0.15, 0.2) is 24.3 Å². The van der Waals surface area contributed by atoms with Gasteiger partial charge in [0.05, 0.1) is 5.75 Å². The number of aliphatic carboxylic acids is 1. The second-order valence-corrected chi connectivity index (χ2v) is 6.19. The third-order valence-corrected chi connectivity index (χ3v) is 4.62. The van der Waals surface area contributed by atoms with Crippen molar-refractivity contribution in [3.63, 3.8) is 0 Å². The number of thioether (sulfide) groups is 1. The molecule has 0 radical (unpaired) electrons. The lowest BCUT2D eigenvalue weighted by atomic mass is 9.93. The Hall–Kier alpha value is -1.20. The van der Waals surface area contributed by atoms with Crippen LogP contribution in [0.2, 0.25) is 5.02 Å². The van der Waals surface area contributed by atoms with Crippen LogP contribution < -0.4 is 5.32 Å². The normalized spacial score (nSPS) is 11.2. The van der Waals surface area contributed by atoms with E-state index in [0.717, 1.165) is 5.56 Å². The molecule has 2 N–H and O–H groups in total. The van der Waals surface area contributed by atoms with Gasteiger partial charge in [0.15, 0.2) is 0 Å². The number of hydrogen-bond donors (Lipinski definition) is 2. The fourth-order valence-electron chi connectivity index (χ4n) is 1.97. The number of halogens is 1. The van der Waals surface area contributed by atoms with Gasteiger partial charge in [0.2, 0.25) is 5.91 Å². The summed E-state index contributed by atoms with van der Waals surface area (Å²) >= 11 is 7.32. The highest BCUT2D eigenvalue weighted by Gasteiger charge is 2.36. The monoisotopic (exact) mass is 329 g/mol. The summed E-state index contributed by atoms with van der Waals surface area (Å²) < 4.78 is 0. The van der Waals surface area contributed by atoms with Crippen LogP contribution in [-0.4, -0.2) is 28.3 Å². The molecule has 0 fully saturated rings. The molecule has 1 aromatic carbocycles. The van der Waals surface area contributed by atoms with Gasteiger partial charge in [-0.2, -0.15) is 0 Å². The highest BCUT2D eigenvalue weighted by molar-refractivity contribution is 7.99. The molecule has 0 saturated carbocycles. The van der Waals surface area contributed by atoms with E-state index in [9.17, 15) is 14.7 Å². The van der Waals surface area contributed by atoms with Gasteiger partial charge in [0.1, 0.15) is 5.54 Å². The SMILES string of the molecule is CCC(CC)(NC(=O)CSCc1cccc(Cl)c1)C(=O)O. The van der Waals surface area contributed by atoms with Crippen LogP contribution in [0.1, 0.15) is 32.3 Å². The van der Waals surface area contributed by atoms with Gasteiger partial charge in [-0.25, -0.2) is 4.79 Å². The van der Waals surface area contributed by atoms with Crippen LogP contribution in [0.5, 0.6) is 0 Å². The van der Waals surface area contributed by atoms with Gasteiger partial charge in [-0.1, -0.05) is 37.6 Å². The molecule has 1 rings (SSSR count). The third kappa shape index (κ3) is 5.25. The molecule has 0 aromatic heterocycles. The first kappa shape index (κ1) is 17.9. The molecule has 0 saturated heterocycles. The largest absolute Gasteiger partial charge is 0.480 e. The van der Waals surface area contributed by atoms with Crippen molar-refractivity contribution in [1.29, 1.82) is 0 Å². The van der Waals surface area contributed by atoms with Crippen LogP contribution in [0, 0.1) is 0 Å². The van der Waals surface area contributed by atoms with Crippen LogP contribution in [0.25, 0.3) is 0 Å². The summed E-state index contributed by atoms with van der Waals surface area (Å²) in [6.07, 6.45) is 0.729. The van der Waals surface area contributed by atoms with Crippen molar-refractivity contribution in [2.75, 3.05) is 5.75 Å². The molecule has 1 aromatic rings. The number of carbonyl (C=O) groups is 2. The molecule has 21 heavy (non-hydrogen) atoms. The molecule has 0 aliphatic rings. The molecular formula is C15H20ClNO3S. The van der Waals surface area contributed by atoms with Crippen molar-refractivity contribution in [1.82, 2.24) is 5.32 Å². The molecule has 116 valence electrons. The second-order valence-electron chi connectivity index (χ2n) is 4.77. The Labute approximate surface area is 134 Å². The van der Waals surface area contributed by atoms with E-state index in [1.54, 1.807) is 19.9 Å². The molecule has 0 bridgehead atoms. The Morgan fingerprint density at radius 2 is 2.00 bits per heavy atom. The van der Waals surface area contributed by atoms with Gasteiger partial charge in [-0.15, -0.1) is 11.8 Å². The van der Waals surface area contributed by atoms with Crippen LogP contribution in [0.3, 0.4) is 0 Å². The van der Waals surface area contributed by atoms with Crippen molar-refractivity contribution in [2.24, 2.45) is 0 Å². The Morgan fingerprint density at radius 1 is 1.33 bits per heavy atom. The Bertz CT molecular complexity index is 503. The average Bonchev–Trinajstić information content (AvgIpc) is 2.44. The van der Waals surface area contributed by atoms with Crippen molar-refractivity contribution < 1.29 is 14.7 Å². The minimum atomic E-state index is -1.16. The molecule has 0 atom stereocenters. The number of rotatable bonds is 8. The first-order valence-electron chi connectivity index (χ1n) is 6.80. The van der Waals surface area contributed by atoms with Gasteiger partial charge < -0.3 is 10.4 Å². The number of benzene rings is 1. The van der Waals surface area contributed by atoms with Crippen molar-refractivity contribution in [2.45, 2.75) is 38.0 Å². The highest BCUT2D eigenvalue weighted by atomic mass is 35.5. The maximum Gasteiger partial charge on any atom is 0.329 e. The van der Waals surface area contributed by atoms with Crippen molar-refractivity contribution in [3.05, 3.63) is 34.9 Å². The zero-order valence-electron chi connectivity index (χ0n) is 12.2. The van der Waals surface area contributed by atoms with Gasteiger partial charge in [-0.05, 0) is 30.5 Å². The number of carboxylic acids is 1. The predicted molar refractivity (Wildman–Crippen MR) is 86.7 cm³/mol. The summed E-state index contributed by atoms with van der Waals surface area (Å²) in [4.78, 5) is 23.2. The van der Waals surface area contributed by atoms with Crippen molar-refractivity contribution in [3.8, 4) is 0 Å². The van der Waals surface area contributed by atoms with E-state index < -0.39 is 11.5 Å². The summed E-state index contributed by atoms with van der Waals surface area (Å²) in [5.74, 6) is -0.359. The fraction of sp³-hybridized carbons (Fsp3) is 0.467. The molecule has 4 nitrogen and oxygen atoms in total. The molecule has 0 aliphatic carbocycles. The number of amides is 1. The van der Waals surface area contributed by atoms with Gasteiger partial charge in [-0.3, -0.25) is 4.79 Å². The molecule has 1 amide bonds. The van der Waals surface area contributed by atoms with E-state index in [2.05, 4.69) is 5.32 Å². The number of hydrogen-bond acceptors (Lipinski definition) is 3. The maximum atomic E-state index is 11.9. The Kier molecular flexibility index (Phi) is 7.05. The number of nitrogens with one attached hydrogen (secondary N) is 1. The van der Waals surface area contributed by atoms with E-state index in [0.29, 0.717) is 23.6 Å². The van der Waals surface area contributed by atoms with Crippen LogP contribution in [0.4, 0.5) is 0 Å². The third-order valence-electron chi connectivity index (χ3n) is 3.39.